The van der Waals surface area contributed by atoms with Crippen molar-refractivity contribution in [2.75, 3.05) is 7.11 Å². The van der Waals surface area contributed by atoms with E-state index in [1.54, 1.807) is 37.5 Å². The van der Waals surface area contributed by atoms with Crippen molar-refractivity contribution in [2.24, 2.45) is 0 Å². The lowest BCUT2D eigenvalue weighted by Crippen LogP contribution is -2.09. The molecule has 4 rings (SSSR count). The van der Waals surface area contributed by atoms with Gasteiger partial charge >= 0.3 is 10.1 Å². The van der Waals surface area contributed by atoms with E-state index in [1.165, 1.54) is 18.2 Å². The normalized spacial score (nSPS) is 14.3. The third kappa shape index (κ3) is 3.90. The third-order valence-corrected chi connectivity index (χ3v) is 5.60. The topological polar surface area (TPSA) is 78.9 Å². The van der Waals surface area contributed by atoms with Crippen LogP contribution in [0.25, 0.3) is 6.08 Å². The van der Waals surface area contributed by atoms with Gasteiger partial charge in [-0.15, -0.1) is 0 Å². The molecule has 1 aliphatic rings. The van der Waals surface area contributed by atoms with E-state index < -0.39 is 15.9 Å². The molecule has 0 saturated heterocycles. The summed E-state index contributed by atoms with van der Waals surface area (Å²) in [7, 11) is -2.62. The van der Waals surface area contributed by atoms with Crippen molar-refractivity contribution in [3.63, 3.8) is 0 Å². The Hall–Kier alpha value is -3.65. The molecular weight excluding hydrogens is 411 g/mol. The first-order chi connectivity index (χ1) is 14.4. The number of ketones is 1. The van der Waals surface area contributed by atoms with Gasteiger partial charge < -0.3 is 13.7 Å². The van der Waals surface area contributed by atoms with Gasteiger partial charge in [-0.25, -0.2) is 4.39 Å². The van der Waals surface area contributed by atoms with Crippen LogP contribution in [-0.4, -0.2) is 21.3 Å². The number of allylic oxidation sites excluding steroid dienone is 1. The minimum atomic E-state index is -4.17. The van der Waals surface area contributed by atoms with Gasteiger partial charge in [0, 0.05) is 6.07 Å². The summed E-state index contributed by atoms with van der Waals surface area (Å²) in [6, 6.07) is 15.5. The quantitative estimate of drug-likeness (QED) is 0.449. The van der Waals surface area contributed by atoms with E-state index in [2.05, 4.69) is 0 Å². The highest BCUT2D eigenvalue weighted by Gasteiger charge is 2.28. The number of carbonyl (C=O) groups excluding carboxylic acids is 1. The summed E-state index contributed by atoms with van der Waals surface area (Å²) in [5.41, 5.74) is 0.997. The monoisotopic (exact) mass is 426 g/mol. The van der Waals surface area contributed by atoms with Crippen LogP contribution in [0.4, 0.5) is 4.39 Å². The Bertz CT molecular complexity index is 1260. The molecule has 0 amide bonds. The lowest BCUT2D eigenvalue weighted by atomic mass is 10.1. The molecule has 0 aliphatic carbocycles. The summed E-state index contributed by atoms with van der Waals surface area (Å²) in [5.74, 6) is -0.0187. The number of halogens is 1. The molecule has 0 unspecified atom stereocenters. The van der Waals surface area contributed by atoms with Gasteiger partial charge in [0.05, 0.1) is 12.7 Å². The average Bonchev–Trinajstić information content (AvgIpc) is 3.03. The zero-order valence-corrected chi connectivity index (χ0v) is 16.5. The van der Waals surface area contributed by atoms with E-state index in [0.717, 1.165) is 24.3 Å². The molecule has 1 aliphatic heterocycles. The largest absolute Gasteiger partial charge is 0.497 e. The number of fused-ring (bicyclic) bond motifs is 1. The smallest absolute Gasteiger partial charge is 0.339 e. The minimum absolute atomic E-state index is 0.0338. The minimum Gasteiger partial charge on any atom is -0.497 e. The van der Waals surface area contributed by atoms with Gasteiger partial charge in [0.15, 0.2) is 5.76 Å². The molecule has 3 aromatic carbocycles. The first-order valence-electron chi connectivity index (χ1n) is 8.78. The van der Waals surface area contributed by atoms with Crippen LogP contribution in [0.15, 0.2) is 77.4 Å². The van der Waals surface area contributed by atoms with E-state index in [4.69, 9.17) is 13.7 Å². The van der Waals surface area contributed by atoms with Gasteiger partial charge in [-0.3, -0.25) is 4.79 Å². The molecule has 6 nitrogen and oxygen atoms in total. The maximum absolute atomic E-state index is 13.0. The van der Waals surface area contributed by atoms with Crippen LogP contribution < -0.4 is 13.7 Å². The molecule has 0 fully saturated rings. The van der Waals surface area contributed by atoms with Crippen molar-refractivity contribution >= 4 is 22.0 Å². The fourth-order valence-corrected chi connectivity index (χ4v) is 3.80. The lowest BCUT2D eigenvalue weighted by Gasteiger charge is -2.08. The van der Waals surface area contributed by atoms with E-state index in [9.17, 15) is 17.6 Å². The zero-order chi connectivity index (χ0) is 21.3. The Balaban J connectivity index is 1.59. The number of hydrogen-bond donors (Lipinski definition) is 0. The molecule has 1 heterocycles. The number of ether oxygens (including phenoxy) is 2. The summed E-state index contributed by atoms with van der Waals surface area (Å²) in [6.07, 6.45) is 1.57. The molecule has 0 N–H and O–H groups in total. The zero-order valence-electron chi connectivity index (χ0n) is 15.7. The second-order valence-electron chi connectivity index (χ2n) is 6.37. The molecule has 0 aromatic heterocycles. The molecule has 0 bridgehead atoms. The van der Waals surface area contributed by atoms with Gasteiger partial charge in [0.25, 0.3) is 0 Å². The maximum Gasteiger partial charge on any atom is 0.339 e. The number of benzene rings is 3. The Morgan fingerprint density at radius 3 is 2.47 bits per heavy atom. The highest BCUT2D eigenvalue weighted by molar-refractivity contribution is 7.87. The fraction of sp³-hybridized carbons (Fsp3) is 0.0455. The van der Waals surface area contributed by atoms with Crippen molar-refractivity contribution in [1.82, 2.24) is 0 Å². The van der Waals surface area contributed by atoms with E-state index in [-0.39, 0.29) is 33.5 Å². The number of hydrogen-bond acceptors (Lipinski definition) is 6. The summed E-state index contributed by atoms with van der Waals surface area (Å²) in [4.78, 5) is 12.4. The second-order valence-corrected chi connectivity index (χ2v) is 7.91. The van der Waals surface area contributed by atoms with Gasteiger partial charge in [0.2, 0.25) is 5.78 Å². The van der Waals surface area contributed by atoms with Gasteiger partial charge in [-0.05, 0) is 60.2 Å². The highest BCUT2D eigenvalue weighted by atomic mass is 32.2. The number of Topliss-reactive ketones (excluding diaryl/α,β-unsaturated/α-hetero) is 1. The van der Waals surface area contributed by atoms with Gasteiger partial charge in [-0.2, -0.15) is 8.42 Å². The Morgan fingerprint density at radius 1 is 0.967 bits per heavy atom. The van der Waals surface area contributed by atoms with Gasteiger partial charge in [-0.1, -0.05) is 12.1 Å². The molecule has 0 radical (unpaired) electrons. The summed E-state index contributed by atoms with van der Waals surface area (Å²) in [5, 5.41) is 0. The number of methoxy groups -OCH3 is 1. The Labute approximate surface area is 172 Å². The highest BCUT2D eigenvalue weighted by Crippen LogP contribution is 2.35. The fourth-order valence-electron chi connectivity index (χ4n) is 2.88. The first-order valence-corrected chi connectivity index (χ1v) is 10.2. The van der Waals surface area contributed by atoms with Crippen LogP contribution in [0, 0.1) is 5.82 Å². The molecule has 0 atom stereocenters. The SMILES string of the molecule is COc1cccc(/C=C2\Oc3cc(OS(=O)(=O)c4ccc(F)cc4)ccc3C2=O)c1. The van der Waals surface area contributed by atoms with Crippen LogP contribution in [0.5, 0.6) is 17.2 Å². The van der Waals surface area contributed by atoms with E-state index in [0.29, 0.717) is 11.3 Å². The standard InChI is InChI=1S/C22H15FO6S/c1-27-16-4-2-3-14(11-16)12-21-22(24)19-10-7-17(13-20(19)28-21)29-30(25,26)18-8-5-15(23)6-9-18/h2-13H,1H3/b21-12-. The van der Waals surface area contributed by atoms with E-state index >= 15 is 0 Å². The summed E-state index contributed by atoms with van der Waals surface area (Å²) >= 11 is 0. The lowest BCUT2D eigenvalue weighted by molar-refractivity contribution is 0.101. The molecule has 3 aromatic rings. The number of carbonyl (C=O) groups is 1. The molecule has 30 heavy (non-hydrogen) atoms. The Kier molecular flexibility index (Phi) is 5.01. The van der Waals surface area contributed by atoms with Crippen LogP contribution in [0.1, 0.15) is 15.9 Å². The molecule has 0 saturated carbocycles. The third-order valence-electron chi connectivity index (χ3n) is 4.34. The first kappa shape index (κ1) is 19.7. The maximum atomic E-state index is 13.0. The van der Waals surface area contributed by atoms with Crippen LogP contribution >= 0.6 is 0 Å². The number of rotatable bonds is 5. The van der Waals surface area contributed by atoms with Crippen LogP contribution in [-0.2, 0) is 10.1 Å². The van der Waals surface area contributed by atoms with Crippen molar-refractivity contribution in [3.8, 4) is 17.2 Å². The predicted molar refractivity (Wildman–Crippen MR) is 107 cm³/mol. The molecule has 8 heteroatoms. The predicted octanol–water partition coefficient (Wildman–Crippen LogP) is 4.22. The van der Waals surface area contributed by atoms with Crippen LogP contribution in [0.2, 0.25) is 0 Å². The van der Waals surface area contributed by atoms with Gasteiger partial charge in [0.1, 0.15) is 28.0 Å². The van der Waals surface area contributed by atoms with Crippen LogP contribution in [0.3, 0.4) is 0 Å². The summed E-state index contributed by atoms with van der Waals surface area (Å²) < 4.78 is 53.6. The average molecular weight is 426 g/mol. The second kappa shape index (κ2) is 7.64. The van der Waals surface area contributed by atoms with Crippen molar-refractivity contribution < 1.29 is 31.3 Å². The van der Waals surface area contributed by atoms with Crippen molar-refractivity contribution in [1.29, 1.82) is 0 Å². The molecular formula is C22H15FO6S. The molecule has 152 valence electrons. The van der Waals surface area contributed by atoms with Crippen molar-refractivity contribution in [3.05, 3.63) is 89.4 Å². The van der Waals surface area contributed by atoms with Crippen molar-refractivity contribution in [2.45, 2.75) is 4.90 Å². The molecule has 0 spiro atoms. The van der Waals surface area contributed by atoms with E-state index in [1.807, 2.05) is 0 Å². The summed E-state index contributed by atoms with van der Waals surface area (Å²) in [6.45, 7) is 0. The Morgan fingerprint density at radius 2 is 1.73 bits per heavy atom.